The molecule has 2 atom stereocenters. The first-order chi connectivity index (χ1) is 16.2. The van der Waals surface area contributed by atoms with E-state index < -0.39 is 24.6 Å². The lowest BCUT2D eigenvalue weighted by molar-refractivity contribution is -0.139. The number of nitrogens with zero attached hydrogens (tertiary/aromatic N) is 1. The summed E-state index contributed by atoms with van der Waals surface area (Å²) in [4.78, 5) is 15.7. The van der Waals surface area contributed by atoms with Gasteiger partial charge in [-0.3, -0.25) is 9.78 Å². The van der Waals surface area contributed by atoms with E-state index in [0.29, 0.717) is 5.56 Å². The lowest BCUT2D eigenvalue weighted by Gasteiger charge is -2.18. The summed E-state index contributed by atoms with van der Waals surface area (Å²) in [6, 6.07) is 16.7. The van der Waals surface area contributed by atoms with E-state index in [2.05, 4.69) is 0 Å². The van der Waals surface area contributed by atoms with Gasteiger partial charge in [0.1, 0.15) is 5.82 Å². The normalized spacial score (nSPS) is 13.4. The van der Waals surface area contributed by atoms with Crippen LogP contribution in [0.25, 0.3) is 28.5 Å². The molecule has 34 heavy (non-hydrogen) atoms. The van der Waals surface area contributed by atoms with Crippen LogP contribution in [0.1, 0.15) is 49.4 Å². The Kier molecular flexibility index (Phi) is 8.31. The van der Waals surface area contributed by atoms with E-state index in [4.69, 9.17) is 10.1 Å². The molecule has 0 amide bonds. The zero-order valence-corrected chi connectivity index (χ0v) is 19.6. The molecule has 0 radical (unpaired) electrons. The molecule has 3 N–H and O–H groups in total. The number of carboxylic acids is 1. The third kappa shape index (κ3) is 6.37. The lowest BCUT2D eigenvalue weighted by atomic mass is 9.91. The average molecular weight is 464 g/mol. The summed E-state index contributed by atoms with van der Waals surface area (Å²) in [5.74, 6) is -1.36. The van der Waals surface area contributed by atoms with Crippen molar-refractivity contribution in [3.8, 4) is 22.4 Å². The fraction of sp³-hybridized carbons (Fsp3) is 0.286. The summed E-state index contributed by atoms with van der Waals surface area (Å²) in [5.41, 5.74) is 5.53. The summed E-state index contributed by atoms with van der Waals surface area (Å²) in [6.45, 7) is 5.77. The van der Waals surface area contributed by atoms with Gasteiger partial charge >= 0.3 is 5.97 Å². The van der Waals surface area contributed by atoms with E-state index in [9.17, 15) is 19.4 Å². The summed E-state index contributed by atoms with van der Waals surface area (Å²) in [5, 5.41) is 29.1. The van der Waals surface area contributed by atoms with Crippen molar-refractivity contribution in [3.63, 3.8) is 0 Å². The number of aliphatic hydroxyl groups is 2. The number of rotatable bonds is 9. The van der Waals surface area contributed by atoms with Gasteiger partial charge in [0.25, 0.3) is 0 Å². The SMILES string of the molecule is Cc1cc(-c2cc(-c3ccccc3)nc(C(C)C)c2C=C[C@@H](O)C[C@@H](O)CC(=O)O)ccc1F. The molecule has 0 spiro atoms. The number of halogens is 1. The number of hydrogen-bond acceptors (Lipinski definition) is 4. The van der Waals surface area contributed by atoms with Crippen LogP contribution >= 0.6 is 0 Å². The molecule has 5 nitrogen and oxygen atoms in total. The number of aliphatic carboxylic acids is 1. The fourth-order valence-electron chi connectivity index (χ4n) is 3.85. The molecule has 1 aromatic heterocycles. The van der Waals surface area contributed by atoms with Gasteiger partial charge in [-0.1, -0.05) is 62.4 Å². The van der Waals surface area contributed by atoms with Crippen LogP contribution in [0.4, 0.5) is 4.39 Å². The Morgan fingerprint density at radius 2 is 1.76 bits per heavy atom. The summed E-state index contributed by atoms with van der Waals surface area (Å²) < 4.78 is 14.0. The topological polar surface area (TPSA) is 90.7 Å². The van der Waals surface area contributed by atoms with Crippen LogP contribution < -0.4 is 0 Å². The van der Waals surface area contributed by atoms with Crippen LogP contribution in [-0.4, -0.2) is 38.5 Å². The number of aryl methyl sites for hydroxylation is 1. The second-order valence-electron chi connectivity index (χ2n) is 8.75. The average Bonchev–Trinajstić information content (AvgIpc) is 2.79. The maximum absolute atomic E-state index is 14.0. The molecule has 3 rings (SSSR count). The standard InChI is InChI=1S/C28H30FNO4/c1-17(2)28-23(11-10-21(31)14-22(32)15-27(33)34)24(20-9-12-25(29)18(3)13-20)16-26(30-28)19-7-5-4-6-8-19/h4-13,16-17,21-22,31-32H,14-15H2,1-3H3,(H,33,34)/t21-,22-/m1/s1. The van der Waals surface area contributed by atoms with Gasteiger partial charge in [-0.05, 0) is 47.7 Å². The zero-order valence-electron chi connectivity index (χ0n) is 19.6. The monoisotopic (exact) mass is 463 g/mol. The summed E-state index contributed by atoms with van der Waals surface area (Å²) >= 11 is 0. The highest BCUT2D eigenvalue weighted by molar-refractivity contribution is 5.81. The Hall–Kier alpha value is -3.35. The van der Waals surface area contributed by atoms with Gasteiger partial charge in [-0.15, -0.1) is 0 Å². The molecular weight excluding hydrogens is 433 g/mol. The van der Waals surface area contributed by atoms with Gasteiger partial charge in [0.05, 0.1) is 30.0 Å². The van der Waals surface area contributed by atoms with Gasteiger partial charge in [0.2, 0.25) is 0 Å². The maximum atomic E-state index is 14.0. The molecule has 0 bridgehead atoms. The molecule has 6 heteroatoms. The molecule has 0 unspecified atom stereocenters. The Morgan fingerprint density at radius 1 is 1.06 bits per heavy atom. The Labute approximate surface area is 199 Å². The molecular formula is C28H30FNO4. The van der Waals surface area contributed by atoms with Gasteiger partial charge in [0, 0.05) is 17.5 Å². The van der Waals surface area contributed by atoms with Crippen LogP contribution in [0.2, 0.25) is 0 Å². The zero-order chi connectivity index (χ0) is 24.8. The third-order valence-corrected chi connectivity index (χ3v) is 5.58. The number of benzene rings is 2. The van der Waals surface area contributed by atoms with Crippen molar-refractivity contribution in [2.24, 2.45) is 0 Å². The highest BCUT2D eigenvalue weighted by Crippen LogP contribution is 2.35. The van der Waals surface area contributed by atoms with E-state index in [1.807, 2.05) is 50.2 Å². The first kappa shape index (κ1) is 25.3. The molecule has 0 saturated carbocycles. The summed E-state index contributed by atoms with van der Waals surface area (Å²) in [7, 11) is 0. The maximum Gasteiger partial charge on any atom is 0.305 e. The number of hydrogen-bond donors (Lipinski definition) is 3. The molecule has 0 saturated heterocycles. The van der Waals surface area contributed by atoms with Crippen molar-refractivity contribution in [1.82, 2.24) is 4.98 Å². The van der Waals surface area contributed by atoms with Gasteiger partial charge < -0.3 is 15.3 Å². The summed E-state index contributed by atoms with van der Waals surface area (Å²) in [6.07, 6.45) is 0.570. The predicted octanol–water partition coefficient (Wildman–Crippen LogP) is 5.59. The number of pyridine rings is 1. The minimum Gasteiger partial charge on any atom is -0.481 e. The highest BCUT2D eigenvalue weighted by atomic mass is 19.1. The Morgan fingerprint density at radius 3 is 2.38 bits per heavy atom. The second kappa shape index (κ2) is 11.2. The van der Waals surface area contributed by atoms with Crippen molar-refractivity contribution in [2.45, 2.75) is 51.7 Å². The Bertz CT molecular complexity index is 1170. The number of carbonyl (C=O) groups is 1. The van der Waals surface area contributed by atoms with Crippen molar-refractivity contribution in [1.29, 1.82) is 0 Å². The smallest absolute Gasteiger partial charge is 0.305 e. The molecule has 178 valence electrons. The number of aromatic nitrogens is 1. The first-order valence-corrected chi connectivity index (χ1v) is 11.3. The Balaban J connectivity index is 2.12. The molecule has 3 aromatic rings. The van der Waals surface area contributed by atoms with E-state index in [1.54, 1.807) is 25.1 Å². The van der Waals surface area contributed by atoms with Crippen molar-refractivity contribution < 1.29 is 24.5 Å². The van der Waals surface area contributed by atoms with Crippen molar-refractivity contribution in [3.05, 3.63) is 83.3 Å². The minimum atomic E-state index is -1.15. The van der Waals surface area contributed by atoms with Gasteiger partial charge in [0.15, 0.2) is 0 Å². The largest absolute Gasteiger partial charge is 0.481 e. The number of carboxylic acid groups (broad SMARTS) is 1. The second-order valence-corrected chi connectivity index (χ2v) is 8.75. The molecule has 2 aromatic carbocycles. The van der Waals surface area contributed by atoms with Gasteiger partial charge in [-0.25, -0.2) is 4.39 Å². The van der Waals surface area contributed by atoms with Crippen LogP contribution in [0.3, 0.4) is 0 Å². The molecule has 1 heterocycles. The molecule has 0 aliphatic heterocycles. The van der Waals surface area contributed by atoms with E-state index in [1.165, 1.54) is 12.1 Å². The third-order valence-electron chi connectivity index (χ3n) is 5.58. The first-order valence-electron chi connectivity index (χ1n) is 11.3. The highest BCUT2D eigenvalue weighted by Gasteiger charge is 2.18. The lowest BCUT2D eigenvalue weighted by Crippen LogP contribution is -2.19. The van der Waals surface area contributed by atoms with Crippen LogP contribution in [0.15, 0.2) is 60.7 Å². The number of aliphatic hydroxyl groups excluding tert-OH is 2. The van der Waals surface area contributed by atoms with Crippen molar-refractivity contribution >= 4 is 12.0 Å². The predicted molar refractivity (Wildman–Crippen MR) is 132 cm³/mol. The minimum absolute atomic E-state index is 0.0540. The van der Waals surface area contributed by atoms with Crippen LogP contribution in [0, 0.1) is 12.7 Å². The van der Waals surface area contributed by atoms with E-state index in [-0.39, 0.29) is 18.2 Å². The van der Waals surface area contributed by atoms with Crippen LogP contribution in [-0.2, 0) is 4.79 Å². The van der Waals surface area contributed by atoms with Crippen molar-refractivity contribution in [2.75, 3.05) is 0 Å². The molecule has 0 aliphatic rings. The van der Waals surface area contributed by atoms with Crippen LogP contribution in [0.5, 0.6) is 0 Å². The van der Waals surface area contributed by atoms with E-state index in [0.717, 1.165) is 33.6 Å². The quantitative estimate of drug-likeness (QED) is 0.385. The van der Waals surface area contributed by atoms with E-state index >= 15 is 0 Å². The van der Waals surface area contributed by atoms with Gasteiger partial charge in [-0.2, -0.15) is 0 Å². The molecule has 0 fully saturated rings. The molecule has 0 aliphatic carbocycles. The fourth-order valence-corrected chi connectivity index (χ4v) is 3.85.